The molecule has 0 radical (unpaired) electrons. The van der Waals surface area contributed by atoms with Crippen LogP contribution in [0.3, 0.4) is 0 Å². The number of rotatable bonds is 2. The average Bonchev–Trinajstić information content (AvgIpc) is 2.72. The Labute approximate surface area is 108 Å². The summed E-state index contributed by atoms with van der Waals surface area (Å²) in [7, 11) is 0. The molecule has 0 bridgehead atoms. The van der Waals surface area contributed by atoms with Crippen molar-refractivity contribution in [2.24, 2.45) is 5.73 Å². The normalized spacial score (nSPS) is 10.5. The number of hydrogen-bond donors (Lipinski definition) is 1. The first kappa shape index (κ1) is 11.9. The third-order valence-corrected chi connectivity index (χ3v) is 3.47. The Bertz CT molecular complexity index is 587. The summed E-state index contributed by atoms with van der Waals surface area (Å²) in [5, 5.41) is 0. The summed E-state index contributed by atoms with van der Waals surface area (Å²) >= 11 is 3.48. The summed E-state index contributed by atoms with van der Waals surface area (Å²) in [5.74, 6) is 0.287. The van der Waals surface area contributed by atoms with Crippen LogP contribution < -0.4 is 5.73 Å². The zero-order chi connectivity index (χ0) is 12.6. The van der Waals surface area contributed by atoms with E-state index in [9.17, 15) is 4.79 Å². The Morgan fingerprint density at radius 2 is 1.94 bits per heavy atom. The number of carbonyl (C=O) groups is 1. The van der Waals surface area contributed by atoms with Crippen molar-refractivity contribution in [1.82, 2.24) is 0 Å². The average molecular weight is 294 g/mol. The molecule has 17 heavy (non-hydrogen) atoms. The summed E-state index contributed by atoms with van der Waals surface area (Å²) < 4.78 is 6.47. The molecule has 4 heteroatoms. The Kier molecular flexibility index (Phi) is 3.07. The number of halogens is 1. The molecule has 0 saturated carbocycles. The van der Waals surface area contributed by atoms with Crippen LogP contribution in [0.15, 0.2) is 33.2 Å². The number of aryl methyl sites for hydroxylation is 2. The second-order valence-corrected chi connectivity index (χ2v) is 4.80. The lowest BCUT2D eigenvalue weighted by Crippen LogP contribution is -2.09. The molecule has 0 atom stereocenters. The quantitative estimate of drug-likeness (QED) is 0.922. The van der Waals surface area contributed by atoms with Crippen LogP contribution >= 0.6 is 15.9 Å². The first-order chi connectivity index (χ1) is 7.99. The van der Waals surface area contributed by atoms with Gasteiger partial charge >= 0.3 is 0 Å². The SMILES string of the molecule is Cc1cc(-c2ccc(C(N)=O)o2)c(C)cc1Br. The van der Waals surface area contributed by atoms with Crippen LogP contribution in [0.5, 0.6) is 0 Å². The molecule has 0 spiro atoms. The van der Waals surface area contributed by atoms with Crippen molar-refractivity contribution < 1.29 is 9.21 Å². The summed E-state index contributed by atoms with van der Waals surface area (Å²) in [6, 6.07) is 7.39. The maximum absolute atomic E-state index is 11.0. The lowest BCUT2D eigenvalue weighted by atomic mass is 10.0. The Hall–Kier alpha value is -1.55. The first-order valence-electron chi connectivity index (χ1n) is 5.16. The summed E-state index contributed by atoms with van der Waals surface area (Å²) in [4.78, 5) is 11.0. The van der Waals surface area contributed by atoms with Gasteiger partial charge in [-0.05, 0) is 49.2 Å². The molecule has 2 N–H and O–H groups in total. The number of furan rings is 1. The fourth-order valence-corrected chi connectivity index (χ4v) is 2.12. The number of carbonyl (C=O) groups excluding carboxylic acids is 1. The number of nitrogens with two attached hydrogens (primary N) is 1. The van der Waals surface area contributed by atoms with E-state index in [2.05, 4.69) is 15.9 Å². The van der Waals surface area contributed by atoms with Crippen LogP contribution in [-0.2, 0) is 0 Å². The molecular formula is C13H12BrNO2. The molecule has 1 amide bonds. The minimum Gasteiger partial charge on any atom is -0.451 e. The summed E-state index contributed by atoms with van der Waals surface area (Å²) in [6.07, 6.45) is 0. The largest absolute Gasteiger partial charge is 0.451 e. The van der Waals surface area contributed by atoms with Crippen molar-refractivity contribution in [3.63, 3.8) is 0 Å². The van der Waals surface area contributed by atoms with Crippen molar-refractivity contribution in [3.05, 3.63) is 45.6 Å². The van der Waals surface area contributed by atoms with Gasteiger partial charge in [-0.3, -0.25) is 4.79 Å². The molecule has 2 aromatic rings. The van der Waals surface area contributed by atoms with Crippen molar-refractivity contribution in [2.45, 2.75) is 13.8 Å². The predicted octanol–water partition coefficient (Wildman–Crippen LogP) is 3.42. The molecule has 0 unspecified atom stereocenters. The van der Waals surface area contributed by atoms with Crippen LogP contribution in [0.1, 0.15) is 21.7 Å². The van der Waals surface area contributed by atoms with Crippen molar-refractivity contribution in [2.75, 3.05) is 0 Å². The molecule has 1 aromatic heterocycles. The van der Waals surface area contributed by atoms with Gasteiger partial charge in [-0.25, -0.2) is 0 Å². The summed E-state index contributed by atoms with van der Waals surface area (Å²) in [6.45, 7) is 4.00. The standard InChI is InChI=1S/C13H12BrNO2/c1-7-6-10(14)8(2)5-9(7)11-3-4-12(17-11)13(15)16/h3-6H,1-2H3,(H2,15,16). The van der Waals surface area contributed by atoms with Gasteiger partial charge in [0, 0.05) is 10.0 Å². The first-order valence-corrected chi connectivity index (χ1v) is 5.95. The Morgan fingerprint density at radius 1 is 1.24 bits per heavy atom. The third-order valence-electron chi connectivity index (χ3n) is 2.62. The van der Waals surface area contributed by atoms with E-state index in [4.69, 9.17) is 10.2 Å². The molecule has 1 heterocycles. The second kappa shape index (κ2) is 4.37. The van der Waals surface area contributed by atoms with E-state index in [1.165, 1.54) is 0 Å². The fourth-order valence-electron chi connectivity index (χ4n) is 1.66. The van der Waals surface area contributed by atoms with Crippen molar-refractivity contribution in [1.29, 1.82) is 0 Å². The van der Waals surface area contributed by atoms with Gasteiger partial charge in [0.25, 0.3) is 5.91 Å². The van der Waals surface area contributed by atoms with Gasteiger partial charge in [0.05, 0.1) is 0 Å². The van der Waals surface area contributed by atoms with E-state index in [0.29, 0.717) is 5.76 Å². The van der Waals surface area contributed by atoms with Gasteiger partial charge in [0.2, 0.25) is 0 Å². The summed E-state index contributed by atoms with van der Waals surface area (Å²) in [5.41, 5.74) is 8.32. The van der Waals surface area contributed by atoms with Crippen LogP contribution in [0.4, 0.5) is 0 Å². The van der Waals surface area contributed by atoms with E-state index in [1.807, 2.05) is 26.0 Å². The van der Waals surface area contributed by atoms with Gasteiger partial charge in [-0.15, -0.1) is 0 Å². The third kappa shape index (κ3) is 2.26. The van der Waals surface area contributed by atoms with Gasteiger partial charge in [-0.1, -0.05) is 15.9 Å². The van der Waals surface area contributed by atoms with E-state index in [-0.39, 0.29) is 5.76 Å². The van der Waals surface area contributed by atoms with E-state index < -0.39 is 5.91 Å². The topological polar surface area (TPSA) is 56.2 Å². The number of amides is 1. The molecule has 0 fully saturated rings. The maximum Gasteiger partial charge on any atom is 0.284 e. The minimum atomic E-state index is -0.553. The van der Waals surface area contributed by atoms with Gasteiger partial charge < -0.3 is 10.2 Å². The fraction of sp³-hybridized carbons (Fsp3) is 0.154. The van der Waals surface area contributed by atoms with Crippen LogP contribution in [0.25, 0.3) is 11.3 Å². The highest BCUT2D eigenvalue weighted by atomic mass is 79.9. The highest BCUT2D eigenvalue weighted by Crippen LogP contribution is 2.30. The zero-order valence-electron chi connectivity index (χ0n) is 9.58. The monoisotopic (exact) mass is 293 g/mol. The minimum absolute atomic E-state index is 0.181. The van der Waals surface area contributed by atoms with E-state index >= 15 is 0 Å². The predicted molar refractivity (Wildman–Crippen MR) is 69.8 cm³/mol. The lowest BCUT2D eigenvalue weighted by Gasteiger charge is -2.06. The second-order valence-electron chi connectivity index (χ2n) is 3.94. The molecule has 0 aliphatic carbocycles. The molecule has 0 aliphatic rings. The Balaban J connectivity index is 2.52. The van der Waals surface area contributed by atoms with Crippen LogP contribution in [0.2, 0.25) is 0 Å². The maximum atomic E-state index is 11.0. The van der Waals surface area contributed by atoms with Gasteiger partial charge in [-0.2, -0.15) is 0 Å². The molecule has 1 aromatic carbocycles. The van der Waals surface area contributed by atoms with Gasteiger partial charge in [0.15, 0.2) is 5.76 Å². The van der Waals surface area contributed by atoms with Gasteiger partial charge in [0.1, 0.15) is 5.76 Å². The molecule has 88 valence electrons. The zero-order valence-corrected chi connectivity index (χ0v) is 11.2. The van der Waals surface area contributed by atoms with Crippen molar-refractivity contribution in [3.8, 4) is 11.3 Å². The highest BCUT2D eigenvalue weighted by Gasteiger charge is 2.11. The number of benzene rings is 1. The van der Waals surface area contributed by atoms with Crippen LogP contribution in [0, 0.1) is 13.8 Å². The lowest BCUT2D eigenvalue weighted by molar-refractivity contribution is 0.0974. The van der Waals surface area contributed by atoms with Crippen molar-refractivity contribution >= 4 is 21.8 Å². The molecule has 0 aliphatic heterocycles. The van der Waals surface area contributed by atoms with Crippen LogP contribution in [-0.4, -0.2) is 5.91 Å². The Morgan fingerprint density at radius 3 is 2.53 bits per heavy atom. The molecule has 3 nitrogen and oxygen atoms in total. The molecule has 0 saturated heterocycles. The molecule has 2 rings (SSSR count). The molecular weight excluding hydrogens is 282 g/mol. The smallest absolute Gasteiger partial charge is 0.284 e. The number of hydrogen-bond acceptors (Lipinski definition) is 2. The highest BCUT2D eigenvalue weighted by molar-refractivity contribution is 9.10. The van der Waals surface area contributed by atoms with E-state index in [0.717, 1.165) is 21.2 Å². The number of primary amides is 1. The van der Waals surface area contributed by atoms with E-state index in [1.54, 1.807) is 12.1 Å².